The zero-order valence-electron chi connectivity index (χ0n) is 18.5. The van der Waals surface area contributed by atoms with Crippen molar-refractivity contribution in [3.63, 3.8) is 0 Å². The average Bonchev–Trinajstić information content (AvgIpc) is 3.11. The maximum atomic E-state index is 12.9. The number of rotatable bonds is 2. The van der Waals surface area contributed by atoms with Crippen molar-refractivity contribution in [2.24, 2.45) is 0 Å². The summed E-state index contributed by atoms with van der Waals surface area (Å²) in [5.74, 6) is 0. The minimum Gasteiger partial charge on any atom is -0.444 e. The number of nitrogens with zero attached hydrogens (tertiary/aromatic N) is 4. The molecule has 3 heterocycles. The molecule has 1 atom stereocenters. The van der Waals surface area contributed by atoms with Crippen LogP contribution in [0.3, 0.4) is 0 Å². The van der Waals surface area contributed by atoms with Crippen molar-refractivity contribution in [1.82, 2.24) is 19.5 Å². The van der Waals surface area contributed by atoms with E-state index in [1.807, 2.05) is 61.4 Å². The Morgan fingerprint density at radius 2 is 1.87 bits per heavy atom. The summed E-state index contributed by atoms with van der Waals surface area (Å²) in [6.45, 7) is 10.5. The molecule has 2 aromatic heterocycles. The number of ether oxygens (including phenoxy) is 1. The summed E-state index contributed by atoms with van der Waals surface area (Å²) in [7, 11) is 0. The van der Waals surface area contributed by atoms with E-state index in [1.54, 1.807) is 0 Å². The van der Waals surface area contributed by atoms with Crippen molar-refractivity contribution in [2.75, 3.05) is 6.54 Å². The van der Waals surface area contributed by atoms with Gasteiger partial charge in [-0.15, -0.1) is 0 Å². The maximum absolute atomic E-state index is 12.9. The zero-order valence-corrected chi connectivity index (χ0v) is 18.5. The molecule has 4 rings (SSSR count). The number of hydrogen-bond acceptors (Lipinski definition) is 4. The fraction of sp³-hybridized carbons (Fsp3) is 0.458. The first-order chi connectivity index (χ1) is 14.2. The van der Waals surface area contributed by atoms with Gasteiger partial charge < -0.3 is 4.74 Å². The molecule has 3 aromatic rings. The molecule has 6 heteroatoms. The Morgan fingerprint density at radius 1 is 1.13 bits per heavy atom. The molecule has 158 valence electrons. The van der Waals surface area contributed by atoms with Crippen molar-refractivity contribution in [3.8, 4) is 11.3 Å². The molecule has 1 saturated heterocycles. The molecule has 1 fully saturated rings. The van der Waals surface area contributed by atoms with Crippen LogP contribution in [0.5, 0.6) is 0 Å². The Kier molecular flexibility index (Phi) is 5.26. The second-order valence-corrected chi connectivity index (χ2v) is 9.06. The van der Waals surface area contributed by atoms with E-state index in [0.29, 0.717) is 6.54 Å². The molecule has 1 aromatic carbocycles. The molecule has 1 aliphatic rings. The Bertz CT molecular complexity index is 1070. The van der Waals surface area contributed by atoms with Gasteiger partial charge in [0.1, 0.15) is 5.60 Å². The van der Waals surface area contributed by atoms with Crippen LogP contribution >= 0.6 is 0 Å². The fourth-order valence-corrected chi connectivity index (χ4v) is 4.09. The van der Waals surface area contributed by atoms with Crippen molar-refractivity contribution in [2.45, 2.75) is 65.5 Å². The van der Waals surface area contributed by atoms with Crippen LogP contribution in [-0.4, -0.2) is 37.7 Å². The summed E-state index contributed by atoms with van der Waals surface area (Å²) in [6, 6.07) is 12.2. The molecule has 0 aliphatic carbocycles. The molecule has 0 N–H and O–H groups in total. The Labute approximate surface area is 177 Å². The number of piperidine rings is 1. The van der Waals surface area contributed by atoms with E-state index in [4.69, 9.17) is 14.8 Å². The first-order valence-corrected chi connectivity index (χ1v) is 10.7. The lowest BCUT2D eigenvalue weighted by atomic mass is 10.00. The lowest BCUT2D eigenvalue weighted by Gasteiger charge is -2.35. The van der Waals surface area contributed by atoms with Gasteiger partial charge in [0.25, 0.3) is 0 Å². The SMILES string of the molecule is Cc1nc2cc([C@@H]3CCCCN3C(=O)OC(C)(C)C)nn2c(-c2ccccc2)c1C. The van der Waals surface area contributed by atoms with Gasteiger partial charge in [-0.2, -0.15) is 5.10 Å². The molecular formula is C24H30N4O2. The lowest BCUT2D eigenvalue weighted by Crippen LogP contribution is -2.42. The molecule has 1 aliphatic heterocycles. The van der Waals surface area contributed by atoms with Gasteiger partial charge in [0, 0.05) is 23.9 Å². The number of likely N-dealkylation sites (tertiary alicyclic amines) is 1. The van der Waals surface area contributed by atoms with Gasteiger partial charge in [-0.1, -0.05) is 30.3 Å². The Balaban J connectivity index is 1.78. The summed E-state index contributed by atoms with van der Waals surface area (Å²) >= 11 is 0. The highest BCUT2D eigenvalue weighted by Gasteiger charge is 2.33. The minimum absolute atomic E-state index is 0.0977. The predicted octanol–water partition coefficient (Wildman–Crippen LogP) is 5.48. The number of carbonyl (C=O) groups excluding carboxylic acids is 1. The van der Waals surface area contributed by atoms with Gasteiger partial charge in [-0.05, 0) is 59.4 Å². The van der Waals surface area contributed by atoms with Gasteiger partial charge in [-0.25, -0.2) is 14.3 Å². The van der Waals surface area contributed by atoms with E-state index >= 15 is 0 Å². The minimum atomic E-state index is -0.520. The van der Waals surface area contributed by atoms with Crippen LogP contribution in [0, 0.1) is 13.8 Å². The topological polar surface area (TPSA) is 59.7 Å². The van der Waals surface area contributed by atoms with Crippen LogP contribution in [0.4, 0.5) is 4.79 Å². The third-order valence-electron chi connectivity index (χ3n) is 5.62. The molecule has 0 bridgehead atoms. The van der Waals surface area contributed by atoms with E-state index in [0.717, 1.165) is 53.1 Å². The van der Waals surface area contributed by atoms with Gasteiger partial charge in [0.05, 0.1) is 17.4 Å². The summed E-state index contributed by atoms with van der Waals surface area (Å²) < 4.78 is 7.60. The number of carbonyl (C=O) groups is 1. The molecule has 6 nitrogen and oxygen atoms in total. The van der Waals surface area contributed by atoms with Gasteiger partial charge in [0.15, 0.2) is 5.65 Å². The first-order valence-electron chi connectivity index (χ1n) is 10.7. The van der Waals surface area contributed by atoms with Crippen molar-refractivity contribution < 1.29 is 9.53 Å². The van der Waals surface area contributed by atoms with E-state index in [2.05, 4.69) is 19.1 Å². The van der Waals surface area contributed by atoms with E-state index < -0.39 is 5.60 Å². The van der Waals surface area contributed by atoms with Crippen LogP contribution in [-0.2, 0) is 4.74 Å². The number of benzene rings is 1. The quantitative estimate of drug-likeness (QED) is 0.566. The van der Waals surface area contributed by atoms with E-state index in [-0.39, 0.29) is 12.1 Å². The van der Waals surface area contributed by atoms with Crippen LogP contribution in [0.25, 0.3) is 16.9 Å². The summed E-state index contributed by atoms with van der Waals surface area (Å²) in [4.78, 5) is 19.5. The summed E-state index contributed by atoms with van der Waals surface area (Å²) in [6.07, 6.45) is 2.65. The van der Waals surface area contributed by atoms with Gasteiger partial charge in [-0.3, -0.25) is 4.90 Å². The zero-order chi connectivity index (χ0) is 21.5. The third-order valence-corrected chi connectivity index (χ3v) is 5.62. The maximum Gasteiger partial charge on any atom is 0.410 e. The molecule has 30 heavy (non-hydrogen) atoms. The highest BCUT2D eigenvalue weighted by molar-refractivity contribution is 5.70. The molecule has 0 unspecified atom stereocenters. The normalized spacial score (nSPS) is 17.4. The smallest absolute Gasteiger partial charge is 0.410 e. The fourth-order valence-electron chi connectivity index (χ4n) is 4.09. The molecule has 1 amide bonds. The monoisotopic (exact) mass is 406 g/mol. The van der Waals surface area contributed by atoms with E-state index in [1.165, 1.54) is 0 Å². The molecule has 0 radical (unpaired) electrons. The molecule has 0 spiro atoms. The predicted molar refractivity (Wildman–Crippen MR) is 117 cm³/mol. The van der Waals surface area contributed by atoms with Gasteiger partial charge in [0.2, 0.25) is 0 Å². The number of amides is 1. The van der Waals surface area contributed by atoms with Crippen molar-refractivity contribution in [1.29, 1.82) is 0 Å². The van der Waals surface area contributed by atoms with Crippen molar-refractivity contribution in [3.05, 3.63) is 53.3 Å². The first kappa shape index (κ1) is 20.4. The molecule has 0 saturated carbocycles. The van der Waals surface area contributed by atoms with Gasteiger partial charge >= 0.3 is 6.09 Å². The highest BCUT2D eigenvalue weighted by Crippen LogP contribution is 2.33. The van der Waals surface area contributed by atoms with E-state index in [9.17, 15) is 4.79 Å². The molecular weight excluding hydrogens is 376 g/mol. The number of aromatic nitrogens is 3. The highest BCUT2D eigenvalue weighted by atomic mass is 16.6. The van der Waals surface area contributed by atoms with Crippen LogP contribution in [0.1, 0.15) is 63.0 Å². The van der Waals surface area contributed by atoms with Crippen LogP contribution in [0.15, 0.2) is 36.4 Å². The lowest BCUT2D eigenvalue weighted by molar-refractivity contribution is 0.00898. The average molecular weight is 407 g/mol. The van der Waals surface area contributed by atoms with Crippen molar-refractivity contribution >= 4 is 11.7 Å². The summed E-state index contributed by atoms with van der Waals surface area (Å²) in [5, 5.41) is 4.95. The Hall–Kier alpha value is -2.89. The number of hydrogen-bond donors (Lipinski definition) is 0. The largest absolute Gasteiger partial charge is 0.444 e. The number of fused-ring (bicyclic) bond motifs is 1. The second kappa shape index (κ2) is 7.74. The Morgan fingerprint density at radius 3 is 2.57 bits per heavy atom. The second-order valence-electron chi connectivity index (χ2n) is 9.06. The van der Waals surface area contributed by atoms with Crippen LogP contribution in [0.2, 0.25) is 0 Å². The standard InChI is InChI=1S/C24H30N4O2/c1-16-17(2)25-21-15-19(26-28(21)22(16)18-11-7-6-8-12-18)20-13-9-10-14-27(20)23(29)30-24(3,4)5/h6-8,11-12,15,20H,9-10,13-14H2,1-5H3/t20-/m0/s1. The third kappa shape index (κ3) is 3.91. The summed E-state index contributed by atoms with van der Waals surface area (Å²) in [5.41, 5.74) is 5.40. The number of aryl methyl sites for hydroxylation is 1. The van der Waals surface area contributed by atoms with Crippen LogP contribution < -0.4 is 0 Å².